The predicted molar refractivity (Wildman–Crippen MR) is 153 cm³/mol. The maximum Gasteiger partial charge on any atom is 0.264 e. The SMILES string of the molecule is CCOc1ccc(N(CC(=O)N(Cc2cccc(OC)c2)[C@H](C)C(=O)NC)S(=O)(=O)c2ccc(Br)cc2)cc1. The van der Waals surface area contributed by atoms with Crippen LogP contribution in [0.1, 0.15) is 19.4 Å². The molecule has 1 N–H and O–H groups in total. The lowest BCUT2D eigenvalue weighted by Crippen LogP contribution is -2.50. The summed E-state index contributed by atoms with van der Waals surface area (Å²) in [6.07, 6.45) is 0. The first-order chi connectivity index (χ1) is 18.6. The molecule has 0 bridgehead atoms. The van der Waals surface area contributed by atoms with Crippen molar-refractivity contribution < 1.29 is 27.5 Å². The van der Waals surface area contributed by atoms with Gasteiger partial charge in [-0.25, -0.2) is 8.42 Å². The van der Waals surface area contributed by atoms with E-state index in [-0.39, 0.29) is 23.0 Å². The molecule has 3 aromatic rings. The zero-order valence-electron chi connectivity index (χ0n) is 22.3. The van der Waals surface area contributed by atoms with E-state index in [9.17, 15) is 18.0 Å². The standard InChI is InChI=1S/C28H32BrN3O6S/c1-5-38-24-13-11-23(12-14-24)32(39(35,36)26-15-9-22(29)10-16-26)19-27(33)31(20(2)28(34)30-3)18-21-7-6-8-25(17-21)37-4/h6-17,20H,5,18-19H2,1-4H3,(H,30,34)/t20-/m1/s1. The second-order valence-corrected chi connectivity index (χ2v) is 11.3. The number of likely N-dealkylation sites (N-methyl/N-ethyl adjacent to an activating group) is 1. The number of hydrogen-bond donors (Lipinski definition) is 1. The van der Waals surface area contributed by atoms with E-state index in [0.29, 0.717) is 22.6 Å². The van der Waals surface area contributed by atoms with Gasteiger partial charge in [0.25, 0.3) is 10.0 Å². The van der Waals surface area contributed by atoms with E-state index in [1.54, 1.807) is 61.5 Å². The number of carbonyl (C=O) groups excluding carboxylic acids is 2. The van der Waals surface area contributed by atoms with Gasteiger partial charge in [0.2, 0.25) is 11.8 Å². The molecule has 208 valence electrons. The van der Waals surface area contributed by atoms with E-state index in [2.05, 4.69) is 21.2 Å². The zero-order valence-corrected chi connectivity index (χ0v) is 24.7. The van der Waals surface area contributed by atoms with E-state index < -0.39 is 28.5 Å². The Kier molecular flexibility index (Phi) is 10.4. The number of sulfonamides is 1. The Labute approximate surface area is 237 Å². The highest BCUT2D eigenvalue weighted by Gasteiger charge is 2.32. The second kappa shape index (κ2) is 13.5. The summed E-state index contributed by atoms with van der Waals surface area (Å²) in [7, 11) is -1.13. The van der Waals surface area contributed by atoms with Crippen LogP contribution in [0.25, 0.3) is 0 Å². The van der Waals surface area contributed by atoms with Gasteiger partial charge in [-0.3, -0.25) is 13.9 Å². The fourth-order valence-corrected chi connectivity index (χ4v) is 5.58. The molecule has 0 saturated carbocycles. The van der Waals surface area contributed by atoms with Crippen molar-refractivity contribution in [2.45, 2.75) is 31.3 Å². The first-order valence-electron chi connectivity index (χ1n) is 12.3. The summed E-state index contributed by atoms with van der Waals surface area (Å²) in [4.78, 5) is 27.8. The van der Waals surface area contributed by atoms with Crippen LogP contribution in [0.4, 0.5) is 5.69 Å². The summed E-state index contributed by atoms with van der Waals surface area (Å²) >= 11 is 3.32. The van der Waals surface area contributed by atoms with Crippen molar-refractivity contribution in [1.29, 1.82) is 0 Å². The van der Waals surface area contributed by atoms with Gasteiger partial charge < -0.3 is 19.7 Å². The summed E-state index contributed by atoms with van der Waals surface area (Å²) in [5, 5.41) is 2.57. The normalized spacial score (nSPS) is 11.8. The lowest BCUT2D eigenvalue weighted by atomic mass is 10.1. The van der Waals surface area contributed by atoms with Crippen LogP contribution in [0.5, 0.6) is 11.5 Å². The molecule has 0 fully saturated rings. The Hall–Kier alpha value is -3.57. The molecule has 3 rings (SSSR count). The number of methoxy groups -OCH3 is 1. The average Bonchev–Trinajstić information content (AvgIpc) is 2.94. The van der Waals surface area contributed by atoms with Crippen molar-refractivity contribution in [2.75, 3.05) is 31.6 Å². The minimum atomic E-state index is -4.16. The highest BCUT2D eigenvalue weighted by Crippen LogP contribution is 2.27. The van der Waals surface area contributed by atoms with Crippen molar-refractivity contribution in [3.8, 4) is 11.5 Å². The van der Waals surface area contributed by atoms with E-state index in [1.807, 2.05) is 13.0 Å². The molecule has 2 amide bonds. The van der Waals surface area contributed by atoms with E-state index in [1.165, 1.54) is 31.2 Å². The molecule has 3 aromatic carbocycles. The number of hydrogen-bond acceptors (Lipinski definition) is 6. The molecule has 9 nitrogen and oxygen atoms in total. The summed E-state index contributed by atoms with van der Waals surface area (Å²) in [6, 6.07) is 18.9. The number of rotatable bonds is 12. The number of carbonyl (C=O) groups is 2. The third kappa shape index (κ3) is 7.51. The van der Waals surface area contributed by atoms with E-state index >= 15 is 0 Å². The molecule has 0 saturated heterocycles. The maximum absolute atomic E-state index is 13.8. The molecule has 0 aliphatic carbocycles. The molecule has 1 atom stereocenters. The van der Waals surface area contributed by atoms with Crippen molar-refractivity contribution in [2.24, 2.45) is 0 Å². The molecule has 11 heteroatoms. The number of halogens is 1. The van der Waals surface area contributed by atoms with Gasteiger partial charge in [-0.2, -0.15) is 0 Å². The molecule has 0 aromatic heterocycles. The molecule has 0 aliphatic rings. The van der Waals surface area contributed by atoms with Crippen LogP contribution in [-0.2, 0) is 26.2 Å². The minimum absolute atomic E-state index is 0.0195. The fraction of sp³-hybridized carbons (Fsp3) is 0.286. The van der Waals surface area contributed by atoms with Crippen LogP contribution in [0, 0.1) is 0 Å². The van der Waals surface area contributed by atoms with Crippen LogP contribution >= 0.6 is 15.9 Å². The number of benzene rings is 3. The second-order valence-electron chi connectivity index (χ2n) is 8.56. The summed E-state index contributed by atoms with van der Waals surface area (Å²) in [5.74, 6) is 0.237. The van der Waals surface area contributed by atoms with Gasteiger partial charge in [0.15, 0.2) is 0 Å². The first-order valence-corrected chi connectivity index (χ1v) is 14.5. The number of anilines is 1. The minimum Gasteiger partial charge on any atom is -0.497 e. The van der Waals surface area contributed by atoms with Crippen molar-refractivity contribution in [1.82, 2.24) is 10.2 Å². The lowest BCUT2D eigenvalue weighted by Gasteiger charge is -2.32. The molecule has 0 spiro atoms. The van der Waals surface area contributed by atoms with Gasteiger partial charge in [-0.1, -0.05) is 28.1 Å². The van der Waals surface area contributed by atoms with Crippen LogP contribution in [-0.4, -0.2) is 58.5 Å². The Morgan fingerprint density at radius 1 is 1.00 bits per heavy atom. The van der Waals surface area contributed by atoms with Crippen molar-refractivity contribution in [3.63, 3.8) is 0 Å². The van der Waals surface area contributed by atoms with Crippen molar-refractivity contribution in [3.05, 3.63) is 82.8 Å². The number of nitrogens with zero attached hydrogens (tertiary/aromatic N) is 2. The molecular weight excluding hydrogens is 586 g/mol. The Bertz CT molecular complexity index is 1380. The molecule has 0 heterocycles. The van der Waals surface area contributed by atoms with Crippen LogP contribution < -0.4 is 19.1 Å². The van der Waals surface area contributed by atoms with Crippen molar-refractivity contribution >= 4 is 43.5 Å². The monoisotopic (exact) mass is 617 g/mol. The Morgan fingerprint density at radius 3 is 2.26 bits per heavy atom. The molecule has 0 aliphatic heterocycles. The highest BCUT2D eigenvalue weighted by molar-refractivity contribution is 9.10. The molecule has 0 radical (unpaired) electrons. The summed E-state index contributed by atoms with van der Waals surface area (Å²) in [6.45, 7) is 3.44. The molecule has 0 unspecified atom stereocenters. The quantitative estimate of drug-likeness (QED) is 0.326. The molecule has 39 heavy (non-hydrogen) atoms. The maximum atomic E-state index is 13.8. The van der Waals surface area contributed by atoms with Gasteiger partial charge in [0, 0.05) is 18.1 Å². The Balaban J connectivity index is 2.03. The topological polar surface area (TPSA) is 105 Å². The number of ether oxygens (including phenoxy) is 2. The third-order valence-corrected chi connectivity index (χ3v) is 8.33. The van der Waals surface area contributed by atoms with Gasteiger partial charge in [0.05, 0.1) is 24.3 Å². The zero-order chi connectivity index (χ0) is 28.6. The smallest absolute Gasteiger partial charge is 0.264 e. The average molecular weight is 619 g/mol. The third-order valence-electron chi connectivity index (χ3n) is 6.02. The van der Waals surface area contributed by atoms with Gasteiger partial charge in [0.1, 0.15) is 24.1 Å². The highest BCUT2D eigenvalue weighted by atomic mass is 79.9. The van der Waals surface area contributed by atoms with Gasteiger partial charge >= 0.3 is 0 Å². The van der Waals surface area contributed by atoms with E-state index in [4.69, 9.17) is 9.47 Å². The van der Waals surface area contributed by atoms with E-state index in [0.717, 1.165) is 9.87 Å². The van der Waals surface area contributed by atoms with Crippen LogP contribution in [0.2, 0.25) is 0 Å². The van der Waals surface area contributed by atoms with Crippen LogP contribution in [0.15, 0.2) is 82.2 Å². The molecular formula is C28H32BrN3O6S. The lowest BCUT2D eigenvalue weighted by molar-refractivity contribution is -0.139. The van der Waals surface area contributed by atoms with Gasteiger partial charge in [-0.15, -0.1) is 0 Å². The fourth-order valence-electron chi connectivity index (χ4n) is 3.90. The summed E-state index contributed by atoms with van der Waals surface area (Å²) < 4.78 is 40.2. The van der Waals surface area contributed by atoms with Crippen LogP contribution in [0.3, 0.4) is 0 Å². The number of nitrogens with one attached hydrogen (secondary N) is 1. The first kappa shape index (κ1) is 30.0. The largest absolute Gasteiger partial charge is 0.497 e. The Morgan fingerprint density at radius 2 is 1.67 bits per heavy atom. The number of amides is 2. The van der Waals surface area contributed by atoms with Gasteiger partial charge in [-0.05, 0) is 80.1 Å². The predicted octanol–water partition coefficient (Wildman–Crippen LogP) is 4.22. The summed E-state index contributed by atoms with van der Waals surface area (Å²) in [5.41, 5.74) is 1.01.